The lowest BCUT2D eigenvalue weighted by Gasteiger charge is -2.19. The van der Waals surface area contributed by atoms with E-state index in [0.29, 0.717) is 33.7 Å². The summed E-state index contributed by atoms with van der Waals surface area (Å²) >= 11 is 1.39. The van der Waals surface area contributed by atoms with Crippen LogP contribution in [0.25, 0.3) is 17.1 Å². The van der Waals surface area contributed by atoms with Crippen LogP contribution in [-0.2, 0) is 17.8 Å². The third kappa shape index (κ3) is 5.37. The molecule has 9 heteroatoms. The molecular weight excluding hydrogens is 522 g/mol. The Labute approximate surface area is 236 Å². The summed E-state index contributed by atoms with van der Waals surface area (Å²) in [7, 11) is 0. The minimum absolute atomic E-state index is 0.133. The topological polar surface area (TPSA) is 91.0 Å². The molecule has 3 aliphatic rings. The van der Waals surface area contributed by atoms with E-state index in [-0.39, 0.29) is 11.5 Å². The number of nitrogens with zero attached hydrogens (tertiary/aromatic N) is 4. The molecule has 6 rings (SSSR count). The highest BCUT2D eigenvalue weighted by Crippen LogP contribution is 2.32. The summed E-state index contributed by atoms with van der Waals surface area (Å²) in [5.74, 6) is 1.73. The smallest absolute Gasteiger partial charge is 0.284 e. The van der Waals surface area contributed by atoms with Gasteiger partial charge in [-0.15, -0.1) is 5.10 Å². The number of anilines is 1. The van der Waals surface area contributed by atoms with E-state index in [4.69, 9.17) is 9.72 Å². The SMILES string of the molecule is C[C@H](Sc1nc2nn(-c3ccccc3)c(=O)c-2c2n1CCCCC2)C(=O)Nc1ccc(Oc2ccccc2)cc1. The fraction of sp³-hybridized carbons (Fsp3) is 0.226. The lowest BCUT2D eigenvalue weighted by atomic mass is 10.1. The number of amides is 1. The van der Waals surface area contributed by atoms with Gasteiger partial charge in [0.1, 0.15) is 17.1 Å². The molecule has 0 unspecified atom stereocenters. The Balaban J connectivity index is 1.23. The van der Waals surface area contributed by atoms with Crippen LogP contribution < -0.4 is 15.6 Å². The molecule has 202 valence electrons. The number of rotatable bonds is 7. The van der Waals surface area contributed by atoms with Crippen LogP contribution in [-0.4, -0.2) is 30.5 Å². The maximum absolute atomic E-state index is 13.5. The lowest BCUT2D eigenvalue weighted by molar-refractivity contribution is -0.115. The van der Waals surface area contributed by atoms with Crippen LogP contribution in [0, 0.1) is 0 Å². The van der Waals surface area contributed by atoms with Crippen LogP contribution in [0.15, 0.2) is 94.9 Å². The van der Waals surface area contributed by atoms with Gasteiger partial charge in [-0.25, -0.2) is 4.98 Å². The molecular formula is C31H29N5O3S. The minimum Gasteiger partial charge on any atom is -0.457 e. The number of benzene rings is 3. The zero-order valence-corrected chi connectivity index (χ0v) is 22.9. The predicted molar refractivity (Wildman–Crippen MR) is 157 cm³/mol. The zero-order chi connectivity index (χ0) is 27.5. The van der Waals surface area contributed by atoms with E-state index in [2.05, 4.69) is 15.0 Å². The molecule has 0 aliphatic carbocycles. The first-order chi connectivity index (χ1) is 19.6. The zero-order valence-electron chi connectivity index (χ0n) is 22.1. The minimum atomic E-state index is -0.423. The van der Waals surface area contributed by atoms with Crippen molar-refractivity contribution >= 4 is 23.4 Å². The van der Waals surface area contributed by atoms with Gasteiger partial charge in [0, 0.05) is 17.9 Å². The third-order valence-electron chi connectivity index (χ3n) is 6.92. The number of fused-ring (bicyclic) bond motifs is 3. The Morgan fingerprint density at radius 2 is 1.62 bits per heavy atom. The Morgan fingerprint density at radius 3 is 2.38 bits per heavy atom. The van der Waals surface area contributed by atoms with Crippen molar-refractivity contribution in [3.63, 3.8) is 0 Å². The average molecular weight is 552 g/mol. The highest BCUT2D eigenvalue weighted by molar-refractivity contribution is 8.00. The van der Waals surface area contributed by atoms with Gasteiger partial charge in [-0.2, -0.15) is 4.68 Å². The number of para-hydroxylation sites is 2. The van der Waals surface area contributed by atoms with E-state index < -0.39 is 5.25 Å². The first kappa shape index (κ1) is 25.9. The van der Waals surface area contributed by atoms with E-state index in [1.165, 1.54) is 16.4 Å². The molecule has 0 bridgehead atoms. The van der Waals surface area contributed by atoms with Gasteiger partial charge in [0.05, 0.1) is 10.9 Å². The van der Waals surface area contributed by atoms with E-state index in [9.17, 15) is 9.59 Å². The number of hydrogen-bond donors (Lipinski definition) is 1. The normalized spacial score (nSPS) is 13.8. The van der Waals surface area contributed by atoms with Crippen LogP contribution in [0.2, 0.25) is 0 Å². The van der Waals surface area contributed by atoms with Crippen LogP contribution in [0.3, 0.4) is 0 Å². The summed E-state index contributed by atoms with van der Waals surface area (Å²) < 4.78 is 9.40. The van der Waals surface area contributed by atoms with Gasteiger partial charge in [-0.1, -0.05) is 54.6 Å². The van der Waals surface area contributed by atoms with Crippen LogP contribution in [0.5, 0.6) is 11.5 Å². The number of ether oxygens (including phenoxy) is 1. The maximum Gasteiger partial charge on any atom is 0.284 e. The molecule has 8 nitrogen and oxygen atoms in total. The van der Waals surface area contributed by atoms with Gasteiger partial charge in [0.2, 0.25) is 5.91 Å². The summed E-state index contributed by atoms with van der Waals surface area (Å²) in [5, 5.41) is 7.87. The van der Waals surface area contributed by atoms with Gasteiger partial charge in [-0.05, 0) is 74.7 Å². The van der Waals surface area contributed by atoms with Gasteiger partial charge in [0.25, 0.3) is 5.56 Å². The van der Waals surface area contributed by atoms with E-state index in [1.54, 1.807) is 0 Å². The molecule has 0 saturated heterocycles. The van der Waals surface area contributed by atoms with E-state index in [1.807, 2.05) is 91.9 Å². The number of carbonyl (C=O) groups is 1. The summed E-state index contributed by atoms with van der Waals surface area (Å²) in [6, 6.07) is 26.3. The molecule has 3 aromatic carbocycles. The quantitative estimate of drug-likeness (QED) is 0.192. The fourth-order valence-electron chi connectivity index (χ4n) is 4.87. The predicted octanol–water partition coefficient (Wildman–Crippen LogP) is 6.17. The second-order valence-corrected chi connectivity index (χ2v) is 11.1. The van der Waals surface area contributed by atoms with Crippen LogP contribution >= 0.6 is 11.8 Å². The Hall–Kier alpha value is -4.37. The number of hydrogen-bond acceptors (Lipinski definition) is 6. The van der Waals surface area contributed by atoms with E-state index >= 15 is 0 Å². The summed E-state index contributed by atoms with van der Waals surface area (Å²) in [5.41, 5.74) is 2.77. The molecule has 40 heavy (non-hydrogen) atoms. The molecule has 0 radical (unpaired) electrons. The monoisotopic (exact) mass is 551 g/mol. The van der Waals surface area contributed by atoms with Gasteiger partial charge >= 0.3 is 0 Å². The van der Waals surface area contributed by atoms with Gasteiger partial charge < -0.3 is 14.6 Å². The molecule has 0 spiro atoms. The molecule has 1 N–H and O–H groups in total. The second-order valence-electron chi connectivity index (χ2n) is 9.74. The van der Waals surface area contributed by atoms with Crippen molar-refractivity contribution in [2.24, 2.45) is 0 Å². The third-order valence-corrected chi connectivity index (χ3v) is 8.01. The highest BCUT2D eigenvalue weighted by atomic mass is 32.2. The lowest BCUT2D eigenvalue weighted by Crippen LogP contribution is -2.24. The summed E-state index contributed by atoms with van der Waals surface area (Å²) in [6.07, 6.45) is 3.85. The van der Waals surface area contributed by atoms with Crippen molar-refractivity contribution < 1.29 is 9.53 Å². The van der Waals surface area contributed by atoms with Crippen LogP contribution in [0.1, 0.15) is 31.9 Å². The Bertz CT molecular complexity index is 1650. The van der Waals surface area contributed by atoms with Crippen molar-refractivity contribution in [3.05, 3.63) is 101 Å². The number of nitrogens with one attached hydrogen (secondary N) is 1. The van der Waals surface area contributed by atoms with Crippen molar-refractivity contribution in [1.82, 2.24) is 19.3 Å². The molecule has 1 amide bonds. The molecule has 0 saturated carbocycles. The highest BCUT2D eigenvalue weighted by Gasteiger charge is 2.28. The van der Waals surface area contributed by atoms with Crippen molar-refractivity contribution in [2.75, 3.05) is 5.32 Å². The summed E-state index contributed by atoms with van der Waals surface area (Å²) in [4.78, 5) is 31.4. The average Bonchev–Trinajstić information content (AvgIpc) is 3.13. The number of carbonyl (C=O) groups excluding carboxylic acids is 1. The van der Waals surface area contributed by atoms with E-state index in [0.717, 1.165) is 43.7 Å². The largest absolute Gasteiger partial charge is 0.457 e. The molecule has 3 aromatic rings. The molecule has 3 heterocycles. The Kier molecular flexibility index (Phi) is 7.37. The number of aromatic nitrogens is 4. The summed E-state index contributed by atoms with van der Waals surface area (Å²) in [6.45, 7) is 2.62. The first-order valence-corrected chi connectivity index (χ1v) is 14.3. The molecule has 1 atom stereocenters. The number of thioether (sulfide) groups is 1. The van der Waals surface area contributed by atoms with Crippen LogP contribution in [0.4, 0.5) is 5.69 Å². The molecule has 0 aromatic heterocycles. The molecule has 3 aliphatic heterocycles. The van der Waals surface area contributed by atoms with Crippen molar-refractivity contribution in [2.45, 2.75) is 49.6 Å². The van der Waals surface area contributed by atoms with Crippen molar-refractivity contribution in [3.8, 4) is 28.6 Å². The van der Waals surface area contributed by atoms with Gasteiger partial charge in [-0.3, -0.25) is 9.59 Å². The molecule has 0 fully saturated rings. The maximum atomic E-state index is 13.5. The standard InChI is InChI=1S/C31H29N5O3S/c1-21(29(37)32-22-16-18-25(19-17-22)39-24-13-7-3-8-14-24)40-31-33-28-27(26-15-9-4-10-20-35(26)31)30(38)36(34-28)23-11-5-2-6-12-23/h2-3,5-8,11-14,16-19,21H,4,9-10,15,20H2,1H3,(H,32,37)/t21-/m0/s1. The van der Waals surface area contributed by atoms with Gasteiger partial charge in [0.15, 0.2) is 11.0 Å². The Morgan fingerprint density at radius 1 is 0.925 bits per heavy atom. The first-order valence-electron chi connectivity index (χ1n) is 13.5. The van der Waals surface area contributed by atoms with Crippen molar-refractivity contribution in [1.29, 1.82) is 0 Å². The fourth-order valence-corrected chi connectivity index (χ4v) is 5.82. The second kappa shape index (κ2) is 11.4.